The second kappa shape index (κ2) is 7.75. The molecule has 2 atom stereocenters. The van der Waals surface area contributed by atoms with Crippen molar-refractivity contribution in [3.8, 4) is 0 Å². The van der Waals surface area contributed by atoms with Crippen molar-refractivity contribution in [2.75, 3.05) is 25.2 Å². The molecule has 1 amide bonds. The van der Waals surface area contributed by atoms with E-state index in [4.69, 9.17) is 4.74 Å². The Kier molecular flexibility index (Phi) is 5.68. The van der Waals surface area contributed by atoms with Crippen molar-refractivity contribution in [2.24, 2.45) is 4.99 Å². The number of likely N-dealkylation sites (N-methyl/N-ethyl adjacent to an activating group) is 1. The molecule has 0 radical (unpaired) electrons. The van der Waals surface area contributed by atoms with Gasteiger partial charge in [0.05, 0.1) is 16.4 Å². The number of sulfonamides is 1. The number of amides is 1. The van der Waals surface area contributed by atoms with Crippen LogP contribution in [0, 0.1) is 0 Å². The molecule has 1 saturated heterocycles. The average molecular weight is 444 g/mol. The predicted molar refractivity (Wildman–Crippen MR) is 104 cm³/mol. The van der Waals surface area contributed by atoms with Gasteiger partial charge < -0.3 is 9.64 Å². The normalized spacial score (nSPS) is 23.8. The van der Waals surface area contributed by atoms with Crippen LogP contribution in [0.1, 0.15) is 18.9 Å². The largest absolute Gasteiger partial charge is 0.454 e. The van der Waals surface area contributed by atoms with Gasteiger partial charge in [-0.1, -0.05) is 12.1 Å². The van der Waals surface area contributed by atoms with Crippen LogP contribution in [-0.4, -0.2) is 76.7 Å². The van der Waals surface area contributed by atoms with E-state index in [2.05, 4.69) is 9.71 Å². The summed E-state index contributed by atoms with van der Waals surface area (Å²) in [4.78, 5) is 29.8. The van der Waals surface area contributed by atoms with Crippen LogP contribution >= 0.6 is 0 Å². The average Bonchev–Trinajstić information content (AvgIpc) is 3.15. The summed E-state index contributed by atoms with van der Waals surface area (Å²) in [6.07, 6.45) is 0.349. The molecule has 0 spiro atoms. The summed E-state index contributed by atoms with van der Waals surface area (Å²) >= 11 is 0. The summed E-state index contributed by atoms with van der Waals surface area (Å²) in [6.45, 7) is 0.867. The van der Waals surface area contributed by atoms with Gasteiger partial charge in [0.1, 0.15) is 11.9 Å². The van der Waals surface area contributed by atoms with E-state index >= 15 is 0 Å². The third-order valence-electron chi connectivity index (χ3n) is 4.81. The molecule has 0 aliphatic carbocycles. The van der Waals surface area contributed by atoms with Gasteiger partial charge >= 0.3 is 5.97 Å². The standard InChI is InChI=1S/C17H21N3O7S2/c1-11(18-16-13-5-3-4-6-14(13)29(25,26)19-16)17(22)27-9-15(21)20(2)12-7-8-28(23,24)10-12/h3-6,11-12H,7-10H2,1-2H3,(H,18,19)/t11-,12-/m1/s1. The Bertz CT molecular complexity index is 1080. The quantitative estimate of drug-likeness (QED) is 0.594. The van der Waals surface area contributed by atoms with E-state index in [0.717, 1.165) is 0 Å². The molecule has 0 aromatic heterocycles. The first-order valence-corrected chi connectivity index (χ1v) is 12.1. The monoisotopic (exact) mass is 443 g/mol. The van der Waals surface area contributed by atoms with Crippen molar-refractivity contribution >= 4 is 37.6 Å². The molecule has 2 heterocycles. The Morgan fingerprint density at radius 2 is 1.97 bits per heavy atom. The summed E-state index contributed by atoms with van der Waals surface area (Å²) in [7, 11) is -5.40. The molecule has 10 nitrogen and oxygen atoms in total. The van der Waals surface area contributed by atoms with Crippen molar-refractivity contribution in [1.82, 2.24) is 9.62 Å². The molecular weight excluding hydrogens is 422 g/mol. The first kappa shape index (κ1) is 21.2. The first-order valence-electron chi connectivity index (χ1n) is 8.83. The van der Waals surface area contributed by atoms with Crippen LogP contribution < -0.4 is 4.72 Å². The molecule has 0 saturated carbocycles. The number of sulfone groups is 1. The number of carbonyl (C=O) groups is 2. The van der Waals surface area contributed by atoms with Crippen LogP contribution in [0.3, 0.4) is 0 Å². The Morgan fingerprint density at radius 1 is 1.28 bits per heavy atom. The van der Waals surface area contributed by atoms with E-state index in [1.54, 1.807) is 18.2 Å². The lowest BCUT2D eigenvalue weighted by molar-refractivity contribution is -0.152. The fraction of sp³-hybridized carbons (Fsp3) is 0.471. The van der Waals surface area contributed by atoms with Crippen LogP contribution in [-0.2, 0) is 34.2 Å². The third-order valence-corrected chi connectivity index (χ3v) is 7.96. The number of benzene rings is 1. The second-order valence-corrected chi connectivity index (χ2v) is 10.8. The number of nitrogens with zero attached hydrogens (tertiary/aromatic N) is 2. The van der Waals surface area contributed by atoms with Crippen molar-refractivity contribution in [3.63, 3.8) is 0 Å². The Hall–Kier alpha value is -2.47. The van der Waals surface area contributed by atoms with E-state index in [1.807, 2.05) is 0 Å². The number of esters is 1. The molecule has 158 valence electrons. The molecule has 12 heteroatoms. The van der Waals surface area contributed by atoms with Crippen LogP contribution in [0.4, 0.5) is 0 Å². The molecule has 29 heavy (non-hydrogen) atoms. The maximum atomic E-state index is 12.2. The summed E-state index contributed by atoms with van der Waals surface area (Å²) in [6, 6.07) is 4.74. The van der Waals surface area contributed by atoms with Gasteiger partial charge in [-0.2, -0.15) is 0 Å². The SMILES string of the molecule is C[C@@H](N=C1NS(=O)(=O)c2ccccc21)C(=O)OCC(=O)N(C)[C@@H]1CCS(=O)(=O)C1. The van der Waals surface area contributed by atoms with Crippen LogP contribution in [0.15, 0.2) is 34.2 Å². The molecule has 1 aromatic carbocycles. The Balaban J connectivity index is 1.60. The fourth-order valence-electron chi connectivity index (χ4n) is 3.12. The van der Waals surface area contributed by atoms with E-state index in [1.165, 1.54) is 24.9 Å². The third kappa shape index (κ3) is 4.58. The number of hydrogen-bond acceptors (Lipinski definition) is 8. The summed E-state index contributed by atoms with van der Waals surface area (Å²) in [5.41, 5.74) is 0.352. The van der Waals surface area contributed by atoms with Crippen molar-refractivity contribution < 1.29 is 31.2 Å². The highest BCUT2D eigenvalue weighted by molar-refractivity contribution is 7.91. The zero-order chi connectivity index (χ0) is 21.4. The minimum absolute atomic E-state index is 0.0288. The number of nitrogens with one attached hydrogen (secondary N) is 1. The predicted octanol–water partition coefficient (Wildman–Crippen LogP) is -0.698. The highest BCUT2D eigenvalue weighted by Gasteiger charge is 2.34. The van der Waals surface area contributed by atoms with Gasteiger partial charge in [-0.25, -0.2) is 21.6 Å². The Labute approximate surface area is 168 Å². The van der Waals surface area contributed by atoms with E-state index in [0.29, 0.717) is 12.0 Å². The van der Waals surface area contributed by atoms with Crippen molar-refractivity contribution in [3.05, 3.63) is 29.8 Å². The zero-order valence-electron chi connectivity index (χ0n) is 15.9. The number of rotatable bonds is 5. The van der Waals surface area contributed by atoms with Crippen LogP contribution in [0.5, 0.6) is 0 Å². The lowest BCUT2D eigenvalue weighted by Crippen LogP contribution is -2.40. The lowest BCUT2D eigenvalue weighted by Gasteiger charge is -2.23. The minimum Gasteiger partial charge on any atom is -0.454 e. The van der Waals surface area contributed by atoms with E-state index in [9.17, 15) is 26.4 Å². The number of aliphatic imine (C=N–C) groups is 1. The summed E-state index contributed by atoms with van der Waals surface area (Å²) in [5, 5.41) is 0. The van der Waals surface area contributed by atoms with Gasteiger partial charge in [0.25, 0.3) is 15.9 Å². The molecule has 1 fully saturated rings. The maximum absolute atomic E-state index is 12.2. The molecule has 1 aromatic rings. The summed E-state index contributed by atoms with van der Waals surface area (Å²) in [5.74, 6) is -1.37. The Morgan fingerprint density at radius 3 is 2.62 bits per heavy atom. The number of carbonyl (C=O) groups excluding carboxylic acids is 2. The highest BCUT2D eigenvalue weighted by Crippen LogP contribution is 2.22. The smallest absolute Gasteiger partial charge is 0.331 e. The molecular formula is C17H21N3O7S2. The van der Waals surface area contributed by atoms with Crippen molar-refractivity contribution in [2.45, 2.75) is 30.3 Å². The van der Waals surface area contributed by atoms with Gasteiger partial charge in [-0.05, 0) is 25.5 Å². The molecule has 3 rings (SSSR count). The lowest BCUT2D eigenvalue weighted by atomic mass is 10.2. The van der Waals surface area contributed by atoms with Crippen molar-refractivity contribution in [1.29, 1.82) is 0 Å². The molecule has 2 aliphatic heterocycles. The summed E-state index contributed by atoms with van der Waals surface area (Å²) < 4.78 is 54.5. The second-order valence-electron chi connectivity index (χ2n) is 6.92. The first-order chi connectivity index (χ1) is 13.5. The van der Waals surface area contributed by atoms with Gasteiger partial charge in [-0.3, -0.25) is 14.5 Å². The molecule has 2 aliphatic rings. The molecule has 1 N–H and O–H groups in total. The maximum Gasteiger partial charge on any atom is 0.331 e. The number of ether oxygens (including phenoxy) is 1. The van der Waals surface area contributed by atoms with Gasteiger partial charge in [0.15, 0.2) is 16.4 Å². The number of amidine groups is 1. The van der Waals surface area contributed by atoms with Crippen LogP contribution in [0.25, 0.3) is 0 Å². The van der Waals surface area contributed by atoms with Gasteiger partial charge in [0, 0.05) is 18.7 Å². The van der Waals surface area contributed by atoms with E-state index in [-0.39, 0.29) is 22.2 Å². The number of hydrogen-bond donors (Lipinski definition) is 1. The molecule has 0 unspecified atom stereocenters. The number of fused-ring (bicyclic) bond motifs is 1. The van der Waals surface area contributed by atoms with Gasteiger partial charge in [-0.15, -0.1) is 0 Å². The van der Waals surface area contributed by atoms with E-state index < -0.39 is 50.4 Å². The molecule has 0 bridgehead atoms. The topological polar surface area (TPSA) is 139 Å². The zero-order valence-corrected chi connectivity index (χ0v) is 17.5. The highest BCUT2D eigenvalue weighted by atomic mass is 32.2. The van der Waals surface area contributed by atoms with Gasteiger partial charge in [0.2, 0.25) is 0 Å². The minimum atomic E-state index is -3.72. The van der Waals surface area contributed by atoms with Crippen LogP contribution in [0.2, 0.25) is 0 Å². The fourth-order valence-corrected chi connectivity index (χ4v) is 6.13.